The summed E-state index contributed by atoms with van der Waals surface area (Å²) >= 11 is 0. The van der Waals surface area contributed by atoms with Crippen LogP contribution < -0.4 is 5.32 Å². The summed E-state index contributed by atoms with van der Waals surface area (Å²) < 4.78 is 35.8. The summed E-state index contributed by atoms with van der Waals surface area (Å²) in [5.41, 5.74) is -0.126. The quantitative estimate of drug-likeness (QED) is 0.725. The molecule has 19 heavy (non-hydrogen) atoms. The van der Waals surface area contributed by atoms with Crippen LogP contribution >= 0.6 is 0 Å². The lowest BCUT2D eigenvalue weighted by Crippen LogP contribution is -2.45. The van der Waals surface area contributed by atoms with Crippen molar-refractivity contribution in [3.05, 3.63) is 0 Å². The van der Waals surface area contributed by atoms with Gasteiger partial charge in [0.25, 0.3) is 0 Å². The van der Waals surface area contributed by atoms with Gasteiger partial charge in [0.1, 0.15) is 0 Å². The lowest BCUT2D eigenvalue weighted by Gasteiger charge is -2.36. The number of carbonyl (C=O) groups excluding carboxylic acids is 1. The molecule has 0 aliphatic carbocycles. The Morgan fingerprint density at radius 1 is 1.32 bits per heavy atom. The number of nitrogens with one attached hydrogen (secondary N) is 1. The summed E-state index contributed by atoms with van der Waals surface area (Å²) in [4.78, 5) is 12.5. The Hall–Kier alpha value is -0.820. The highest BCUT2D eigenvalue weighted by molar-refractivity contribution is 5.81. The van der Waals surface area contributed by atoms with E-state index >= 15 is 0 Å². The van der Waals surface area contributed by atoms with Crippen LogP contribution in [0.15, 0.2) is 0 Å². The molecule has 114 valence electrons. The minimum absolute atomic E-state index is 0.0189. The minimum Gasteiger partial charge on any atom is -0.395 e. The lowest BCUT2D eigenvalue weighted by atomic mass is 9.86. The Labute approximate surface area is 112 Å². The maximum Gasteiger partial charge on any atom is 0.471 e. The average molecular weight is 284 g/mol. The number of amides is 1. The Bertz CT molecular complexity index is 288. The van der Waals surface area contributed by atoms with Gasteiger partial charge >= 0.3 is 12.1 Å². The van der Waals surface area contributed by atoms with Crippen molar-refractivity contribution in [2.75, 3.05) is 26.7 Å². The van der Waals surface area contributed by atoms with E-state index in [0.29, 0.717) is 13.0 Å². The standard InChI is InChI=1S/C12H23F3N2O2/c1-11(2,3)9(8-18)17(4)7-5-6-16-10(19)12(13,14)15/h9,18H,5-8H2,1-4H3,(H,16,19). The van der Waals surface area contributed by atoms with Gasteiger partial charge in [0.2, 0.25) is 0 Å². The maximum atomic E-state index is 11.9. The topological polar surface area (TPSA) is 52.6 Å². The van der Waals surface area contributed by atoms with Crippen molar-refractivity contribution >= 4 is 5.91 Å². The van der Waals surface area contributed by atoms with Crippen LogP contribution in [-0.2, 0) is 4.79 Å². The fourth-order valence-electron chi connectivity index (χ4n) is 1.86. The van der Waals surface area contributed by atoms with Crippen LogP contribution in [0, 0.1) is 5.41 Å². The number of aliphatic hydroxyl groups excluding tert-OH is 1. The first-order valence-electron chi connectivity index (χ1n) is 6.16. The van der Waals surface area contributed by atoms with Crippen LogP contribution in [0.25, 0.3) is 0 Å². The molecule has 0 aromatic carbocycles. The van der Waals surface area contributed by atoms with Crippen molar-refractivity contribution in [3.8, 4) is 0 Å². The van der Waals surface area contributed by atoms with Crippen molar-refractivity contribution < 1.29 is 23.1 Å². The van der Waals surface area contributed by atoms with E-state index in [4.69, 9.17) is 0 Å². The molecule has 0 rings (SSSR count). The third kappa shape index (κ3) is 6.77. The highest BCUT2D eigenvalue weighted by Gasteiger charge is 2.38. The van der Waals surface area contributed by atoms with Gasteiger partial charge in [-0.15, -0.1) is 0 Å². The normalized spacial score (nSPS) is 14.6. The van der Waals surface area contributed by atoms with Crippen LogP contribution in [-0.4, -0.2) is 54.9 Å². The summed E-state index contributed by atoms with van der Waals surface area (Å²) in [6, 6.07) is -0.0779. The zero-order valence-corrected chi connectivity index (χ0v) is 11.8. The molecule has 1 atom stereocenters. The molecule has 1 amide bonds. The second-order valence-corrected chi connectivity index (χ2v) is 5.65. The smallest absolute Gasteiger partial charge is 0.395 e. The van der Waals surface area contributed by atoms with Crippen molar-refractivity contribution in [2.24, 2.45) is 5.41 Å². The molecule has 0 saturated carbocycles. The summed E-state index contributed by atoms with van der Waals surface area (Å²) in [5, 5.41) is 11.1. The zero-order chi connectivity index (χ0) is 15.3. The van der Waals surface area contributed by atoms with E-state index in [1.165, 1.54) is 0 Å². The summed E-state index contributed by atoms with van der Waals surface area (Å²) in [7, 11) is 1.80. The Morgan fingerprint density at radius 2 is 1.84 bits per heavy atom. The molecule has 7 heteroatoms. The van der Waals surface area contributed by atoms with Gasteiger partial charge in [-0.05, 0) is 25.4 Å². The van der Waals surface area contributed by atoms with Gasteiger partial charge in [-0.2, -0.15) is 13.2 Å². The number of carbonyl (C=O) groups is 1. The molecular weight excluding hydrogens is 261 g/mol. The van der Waals surface area contributed by atoms with Crippen molar-refractivity contribution in [2.45, 2.75) is 39.4 Å². The van der Waals surface area contributed by atoms with E-state index in [2.05, 4.69) is 0 Å². The summed E-state index contributed by atoms with van der Waals surface area (Å²) in [5.74, 6) is -1.91. The van der Waals surface area contributed by atoms with Gasteiger partial charge in [-0.3, -0.25) is 4.79 Å². The van der Waals surface area contributed by atoms with E-state index < -0.39 is 12.1 Å². The largest absolute Gasteiger partial charge is 0.471 e. The lowest BCUT2D eigenvalue weighted by molar-refractivity contribution is -0.173. The van der Waals surface area contributed by atoms with Crippen LogP contribution in [0.1, 0.15) is 27.2 Å². The highest BCUT2D eigenvalue weighted by atomic mass is 19.4. The predicted molar refractivity (Wildman–Crippen MR) is 66.6 cm³/mol. The Balaban J connectivity index is 4.05. The summed E-state index contributed by atoms with van der Waals surface area (Å²) in [6.07, 6.45) is -4.43. The molecule has 0 aromatic heterocycles. The predicted octanol–water partition coefficient (Wildman–Crippen LogP) is 1.39. The molecule has 0 heterocycles. The highest BCUT2D eigenvalue weighted by Crippen LogP contribution is 2.23. The zero-order valence-electron chi connectivity index (χ0n) is 11.8. The van der Waals surface area contributed by atoms with Crippen LogP contribution in [0.5, 0.6) is 0 Å². The molecule has 0 aliphatic heterocycles. The fraction of sp³-hybridized carbons (Fsp3) is 0.917. The van der Waals surface area contributed by atoms with E-state index in [-0.39, 0.29) is 24.6 Å². The molecule has 0 aliphatic rings. The molecule has 0 spiro atoms. The molecule has 0 aromatic rings. The molecule has 4 nitrogen and oxygen atoms in total. The first-order valence-corrected chi connectivity index (χ1v) is 6.16. The number of alkyl halides is 3. The third-order valence-electron chi connectivity index (χ3n) is 2.94. The number of aliphatic hydroxyl groups is 1. The Kier molecular flexibility index (Phi) is 6.79. The van der Waals surface area contributed by atoms with E-state index in [1.54, 1.807) is 7.05 Å². The number of hydrogen-bond acceptors (Lipinski definition) is 3. The van der Waals surface area contributed by atoms with Crippen molar-refractivity contribution in [1.82, 2.24) is 10.2 Å². The minimum atomic E-state index is -4.83. The van der Waals surface area contributed by atoms with Gasteiger partial charge in [0.15, 0.2) is 0 Å². The van der Waals surface area contributed by atoms with E-state index in [0.717, 1.165) is 0 Å². The van der Waals surface area contributed by atoms with Crippen LogP contribution in [0.4, 0.5) is 13.2 Å². The number of likely N-dealkylation sites (N-methyl/N-ethyl adjacent to an activating group) is 1. The molecule has 0 fully saturated rings. The summed E-state index contributed by atoms with van der Waals surface area (Å²) in [6.45, 7) is 6.39. The fourth-order valence-corrected chi connectivity index (χ4v) is 1.86. The molecule has 1 unspecified atom stereocenters. The maximum absolute atomic E-state index is 11.9. The average Bonchev–Trinajstić information content (AvgIpc) is 2.21. The van der Waals surface area contributed by atoms with Gasteiger partial charge in [0, 0.05) is 12.6 Å². The van der Waals surface area contributed by atoms with Crippen molar-refractivity contribution in [3.63, 3.8) is 0 Å². The molecule has 0 bridgehead atoms. The Morgan fingerprint density at radius 3 is 2.21 bits per heavy atom. The number of rotatable bonds is 6. The second kappa shape index (κ2) is 7.09. The van der Waals surface area contributed by atoms with Gasteiger partial charge < -0.3 is 15.3 Å². The number of nitrogens with zero attached hydrogens (tertiary/aromatic N) is 1. The molecule has 2 N–H and O–H groups in total. The van der Waals surface area contributed by atoms with Crippen LogP contribution in [0.3, 0.4) is 0 Å². The first kappa shape index (κ1) is 18.2. The van der Waals surface area contributed by atoms with E-state index in [1.807, 2.05) is 31.0 Å². The third-order valence-corrected chi connectivity index (χ3v) is 2.94. The van der Waals surface area contributed by atoms with Gasteiger partial charge in [0.05, 0.1) is 6.61 Å². The van der Waals surface area contributed by atoms with E-state index in [9.17, 15) is 23.1 Å². The SMILES string of the molecule is CN(CCCNC(=O)C(F)(F)F)C(CO)C(C)(C)C. The van der Waals surface area contributed by atoms with Gasteiger partial charge in [-0.25, -0.2) is 0 Å². The second-order valence-electron chi connectivity index (χ2n) is 5.65. The molecule has 0 saturated heterocycles. The molecular formula is C12H23F3N2O2. The van der Waals surface area contributed by atoms with Gasteiger partial charge in [-0.1, -0.05) is 20.8 Å². The number of halogens is 3. The monoisotopic (exact) mass is 284 g/mol. The number of hydrogen-bond donors (Lipinski definition) is 2. The van der Waals surface area contributed by atoms with Crippen molar-refractivity contribution in [1.29, 1.82) is 0 Å². The van der Waals surface area contributed by atoms with Crippen LogP contribution in [0.2, 0.25) is 0 Å². The molecule has 0 radical (unpaired) electrons. The first-order chi connectivity index (χ1) is 8.50.